The molecule has 1 saturated heterocycles. The maximum absolute atomic E-state index is 11.5. The lowest BCUT2D eigenvalue weighted by Gasteiger charge is -2.29. The molecule has 2 aromatic rings. The van der Waals surface area contributed by atoms with E-state index in [9.17, 15) is 13.2 Å². The summed E-state index contributed by atoms with van der Waals surface area (Å²) in [4.78, 5) is 17.0. The predicted molar refractivity (Wildman–Crippen MR) is 100 cm³/mol. The average molecular weight is 390 g/mol. The number of amides is 1. The number of nitrogens with zero attached hydrogens (tertiary/aromatic N) is 2. The standard InChI is InChI=1S/C19H22N2O5S/c1-27(24,25)18-6-3-14(4-7-18)15-2-5-16(20-12-15)13-26-17-8-10-21(11-9-17)19(22)23/h2-7,12,17H,8-11,13H2,1H3,(H,22,23). The molecule has 1 aromatic carbocycles. The van der Waals surface area contributed by atoms with Crippen LogP contribution in [0.2, 0.25) is 0 Å². The summed E-state index contributed by atoms with van der Waals surface area (Å²) in [5.74, 6) is 0. The third kappa shape index (κ3) is 5.05. The third-order valence-electron chi connectivity index (χ3n) is 4.62. The van der Waals surface area contributed by atoms with E-state index >= 15 is 0 Å². The smallest absolute Gasteiger partial charge is 0.407 e. The Kier molecular flexibility index (Phi) is 5.76. The van der Waals surface area contributed by atoms with Crippen molar-refractivity contribution in [3.8, 4) is 11.1 Å². The number of hydrogen-bond acceptors (Lipinski definition) is 5. The zero-order valence-corrected chi connectivity index (χ0v) is 15.9. The SMILES string of the molecule is CS(=O)(=O)c1ccc(-c2ccc(COC3CCN(C(=O)O)CC3)nc2)cc1. The predicted octanol–water partition coefficient (Wildman–Crippen LogP) is 2.81. The highest BCUT2D eigenvalue weighted by molar-refractivity contribution is 7.90. The second kappa shape index (κ2) is 8.06. The molecule has 1 amide bonds. The Hall–Kier alpha value is -2.45. The number of carbonyl (C=O) groups is 1. The van der Waals surface area contributed by atoms with E-state index in [1.165, 1.54) is 11.2 Å². The molecule has 1 aliphatic rings. The summed E-state index contributed by atoms with van der Waals surface area (Å²) in [5, 5.41) is 8.95. The van der Waals surface area contributed by atoms with Gasteiger partial charge in [0.1, 0.15) is 0 Å². The van der Waals surface area contributed by atoms with Crippen LogP contribution in [0, 0.1) is 0 Å². The van der Waals surface area contributed by atoms with Gasteiger partial charge in [0.15, 0.2) is 9.84 Å². The van der Waals surface area contributed by atoms with Crippen LogP contribution in [-0.2, 0) is 21.2 Å². The molecule has 1 N–H and O–H groups in total. The van der Waals surface area contributed by atoms with Crippen molar-refractivity contribution in [3.63, 3.8) is 0 Å². The summed E-state index contributed by atoms with van der Waals surface area (Å²) in [6.45, 7) is 1.37. The van der Waals surface area contributed by atoms with E-state index < -0.39 is 15.9 Å². The Morgan fingerprint density at radius 2 is 1.78 bits per heavy atom. The van der Waals surface area contributed by atoms with Gasteiger partial charge in [0.05, 0.1) is 23.3 Å². The average Bonchev–Trinajstić information content (AvgIpc) is 2.66. The molecule has 0 spiro atoms. The lowest BCUT2D eigenvalue weighted by molar-refractivity contribution is -0.000927. The first kappa shape index (κ1) is 19.3. The molecule has 0 radical (unpaired) electrons. The lowest BCUT2D eigenvalue weighted by atomic mass is 10.1. The van der Waals surface area contributed by atoms with Crippen LogP contribution in [0.15, 0.2) is 47.5 Å². The van der Waals surface area contributed by atoms with Gasteiger partial charge in [-0.15, -0.1) is 0 Å². The number of aromatic nitrogens is 1. The molecule has 0 atom stereocenters. The number of rotatable bonds is 5. The molecule has 1 fully saturated rings. The topological polar surface area (TPSA) is 96.8 Å². The van der Waals surface area contributed by atoms with Crippen molar-refractivity contribution in [2.45, 2.75) is 30.4 Å². The first-order valence-electron chi connectivity index (χ1n) is 8.68. The van der Waals surface area contributed by atoms with Crippen LogP contribution in [0.1, 0.15) is 18.5 Å². The molecular formula is C19H22N2O5S. The van der Waals surface area contributed by atoms with Gasteiger partial charge in [0, 0.05) is 31.1 Å². The summed E-state index contributed by atoms with van der Waals surface area (Å²) >= 11 is 0. The highest BCUT2D eigenvalue weighted by Gasteiger charge is 2.22. The van der Waals surface area contributed by atoms with E-state index in [4.69, 9.17) is 9.84 Å². The fourth-order valence-corrected chi connectivity index (χ4v) is 3.62. The van der Waals surface area contributed by atoms with Gasteiger partial charge in [-0.1, -0.05) is 18.2 Å². The zero-order chi connectivity index (χ0) is 19.4. The van der Waals surface area contributed by atoms with Crippen LogP contribution in [-0.4, -0.2) is 55.0 Å². The first-order valence-corrected chi connectivity index (χ1v) is 10.6. The van der Waals surface area contributed by atoms with Gasteiger partial charge in [0.2, 0.25) is 0 Å². The van der Waals surface area contributed by atoms with Gasteiger partial charge in [-0.3, -0.25) is 4.98 Å². The number of ether oxygens (including phenoxy) is 1. The first-order chi connectivity index (χ1) is 12.8. The molecule has 7 nitrogen and oxygen atoms in total. The number of likely N-dealkylation sites (tertiary alicyclic amines) is 1. The minimum absolute atomic E-state index is 0.0469. The number of benzene rings is 1. The van der Waals surface area contributed by atoms with Crippen molar-refractivity contribution in [1.29, 1.82) is 0 Å². The Balaban J connectivity index is 1.55. The van der Waals surface area contributed by atoms with Gasteiger partial charge in [-0.05, 0) is 36.6 Å². The summed E-state index contributed by atoms with van der Waals surface area (Å²) in [6, 6.07) is 10.5. The minimum atomic E-state index is -3.20. The molecule has 0 aliphatic carbocycles. The van der Waals surface area contributed by atoms with E-state index in [0.29, 0.717) is 32.5 Å². The van der Waals surface area contributed by atoms with Crippen molar-refractivity contribution < 1.29 is 23.1 Å². The number of piperidine rings is 1. The molecule has 27 heavy (non-hydrogen) atoms. The summed E-state index contributed by atoms with van der Waals surface area (Å²) in [6.07, 6.45) is 3.47. The normalized spacial score (nSPS) is 15.7. The van der Waals surface area contributed by atoms with Gasteiger partial charge in [-0.25, -0.2) is 13.2 Å². The lowest BCUT2D eigenvalue weighted by Crippen LogP contribution is -2.40. The Morgan fingerprint density at radius 1 is 1.15 bits per heavy atom. The van der Waals surface area contributed by atoms with Crippen molar-refractivity contribution >= 4 is 15.9 Å². The maximum Gasteiger partial charge on any atom is 0.407 e. The number of hydrogen-bond donors (Lipinski definition) is 1. The second-order valence-electron chi connectivity index (χ2n) is 6.61. The van der Waals surface area contributed by atoms with Crippen LogP contribution in [0.5, 0.6) is 0 Å². The molecule has 1 aromatic heterocycles. The Bertz CT molecular complexity index is 887. The van der Waals surface area contributed by atoms with Crippen LogP contribution in [0.4, 0.5) is 4.79 Å². The van der Waals surface area contributed by atoms with Crippen LogP contribution >= 0.6 is 0 Å². The number of pyridine rings is 1. The van der Waals surface area contributed by atoms with Crippen molar-refractivity contribution in [2.24, 2.45) is 0 Å². The fourth-order valence-electron chi connectivity index (χ4n) is 2.99. The van der Waals surface area contributed by atoms with Crippen molar-refractivity contribution in [3.05, 3.63) is 48.3 Å². The molecular weight excluding hydrogens is 368 g/mol. The molecule has 0 unspecified atom stereocenters. The van der Waals surface area contributed by atoms with E-state index in [-0.39, 0.29) is 11.0 Å². The summed E-state index contributed by atoms with van der Waals surface area (Å²) in [5.41, 5.74) is 2.59. The molecule has 144 valence electrons. The van der Waals surface area contributed by atoms with Gasteiger partial charge < -0.3 is 14.7 Å². The van der Waals surface area contributed by atoms with E-state index in [0.717, 1.165) is 16.8 Å². The van der Waals surface area contributed by atoms with E-state index in [1.54, 1.807) is 30.5 Å². The van der Waals surface area contributed by atoms with E-state index in [1.807, 2.05) is 12.1 Å². The van der Waals surface area contributed by atoms with Gasteiger partial charge in [0.25, 0.3) is 0 Å². The van der Waals surface area contributed by atoms with Crippen molar-refractivity contribution in [2.75, 3.05) is 19.3 Å². The van der Waals surface area contributed by atoms with Crippen LogP contribution in [0.3, 0.4) is 0 Å². The second-order valence-corrected chi connectivity index (χ2v) is 8.63. The quantitative estimate of drug-likeness (QED) is 0.843. The number of carboxylic acid groups (broad SMARTS) is 1. The molecule has 0 bridgehead atoms. The highest BCUT2D eigenvalue weighted by Crippen LogP contribution is 2.21. The highest BCUT2D eigenvalue weighted by atomic mass is 32.2. The molecule has 2 heterocycles. The largest absolute Gasteiger partial charge is 0.465 e. The summed E-state index contributed by atoms with van der Waals surface area (Å²) in [7, 11) is -3.20. The summed E-state index contributed by atoms with van der Waals surface area (Å²) < 4.78 is 28.9. The molecule has 1 aliphatic heterocycles. The van der Waals surface area contributed by atoms with Crippen LogP contribution in [0.25, 0.3) is 11.1 Å². The van der Waals surface area contributed by atoms with Crippen molar-refractivity contribution in [1.82, 2.24) is 9.88 Å². The zero-order valence-electron chi connectivity index (χ0n) is 15.0. The fraction of sp³-hybridized carbons (Fsp3) is 0.368. The third-order valence-corrected chi connectivity index (χ3v) is 5.75. The Labute approximate surface area is 158 Å². The molecule has 0 saturated carbocycles. The molecule has 8 heteroatoms. The monoisotopic (exact) mass is 390 g/mol. The van der Waals surface area contributed by atoms with Crippen LogP contribution < -0.4 is 0 Å². The van der Waals surface area contributed by atoms with Gasteiger partial charge >= 0.3 is 6.09 Å². The Morgan fingerprint density at radius 3 is 2.30 bits per heavy atom. The van der Waals surface area contributed by atoms with E-state index in [2.05, 4.69) is 4.98 Å². The van der Waals surface area contributed by atoms with Gasteiger partial charge in [-0.2, -0.15) is 0 Å². The maximum atomic E-state index is 11.5. The number of sulfone groups is 1. The minimum Gasteiger partial charge on any atom is -0.465 e. The molecule has 3 rings (SSSR count).